The van der Waals surface area contributed by atoms with Crippen LogP contribution in [0.4, 0.5) is 0 Å². The van der Waals surface area contributed by atoms with Crippen molar-refractivity contribution < 1.29 is 4.84 Å². The maximum absolute atomic E-state index is 6.07. The van der Waals surface area contributed by atoms with E-state index in [2.05, 4.69) is 41.6 Å². The summed E-state index contributed by atoms with van der Waals surface area (Å²) in [6.45, 7) is 0. The summed E-state index contributed by atoms with van der Waals surface area (Å²) in [5, 5.41) is 5.63. The molecule has 5 rings (SSSR count). The van der Waals surface area contributed by atoms with Crippen LogP contribution in [-0.4, -0.2) is 10.7 Å². The molecule has 1 aliphatic carbocycles. The number of benzene rings is 2. The molecule has 0 bridgehead atoms. The van der Waals surface area contributed by atoms with Crippen molar-refractivity contribution in [3.05, 3.63) is 77.5 Å². The van der Waals surface area contributed by atoms with Crippen molar-refractivity contribution in [3.63, 3.8) is 0 Å². The zero-order valence-corrected chi connectivity index (χ0v) is 13.4. The molecule has 0 radical (unpaired) electrons. The first-order valence-electron chi connectivity index (χ1n) is 8.54. The van der Waals surface area contributed by atoms with E-state index in [-0.39, 0.29) is 5.60 Å². The Balaban J connectivity index is 1.59. The van der Waals surface area contributed by atoms with Gasteiger partial charge in [0.2, 0.25) is 0 Å². The number of hydrogen-bond acceptors (Lipinski definition) is 3. The van der Waals surface area contributed by atoms with Gasteiger partial charge in [0, 0.05) is 23.1 Å². The minimum Gasteiger partial charge on any atom is -0.384 e. The van der Waals surface area contributed by atoms with Gasteiger partial charge in [-0.3, -0.25) is 4.98 Å². The molecule has 3 nitrogen and oxygen atoms in total. The van der Waals surface area contributed by atoms with Crippen molar-refractivity contribution in [2.45, 2.75) is 31.3 Å². The Morgan fingerprint density at radius 3 is 2.71 bits per heavy atom. The number of pyridine rings is 1. The summed E-state index contributed by atoms with van der Waals surface area (Å²) in [6, 6.07) is 20.9. The van der Waals surface area contributed by atoms with Crippen molar-refractivity contribution in [1.82, 2.24) is 4.98 Å². The molecule has 1 atom stereocenters. The van der Waals surface area contributed by atoms with Gasteiger partial charge in [0.25, 0.3) is 0 Å². The number of rotatable bonds is 1. The highest BCUT2D eigenvalue weighted by Gasteiger charge is 2.45. The number of para-hydroxylation sites is 1. The highest BCUT2D eigenvalue weighted by atomic mass is 16.7. The second kappa shape index (κ2) is 5.17. The first kappa shape index (κ1) is 13.7. The highest BCUT2D eigenvalue weighted by Crippen LogP contribution is 2.45. The van der Waals surface area contributed by atoms with Crippen LogP contribution in [0.5, 0.6) is 0 Å². The van der Waals surface area contributed by atoms with Crippen molar-refractivity contribution in [3.8, 4) is 0 Å². The van der Waals surface area contributed by atoms with Crippen LogP contribution in [0.2, 0.25) is 0 Å². The molecule has 0 fully saturated rings. The summed E-state index contributed by atoms with van der Waals surface area (Å²) >= 11 is 0. The second-order valence-corrected chi connectivity index (χ2v) is 6.70. The number of hydrogen-bond donors (Lipinski definition) is 0. The molecule has 0 unspecified atom stereocenters. The maximum atomic E-state index is 6.07. The van der Waals surface area contributed by atoms with E-state index in [4.69, 9.17) is 9.82 Å². The van der Waals surface area contributed by atoms with Crippen molar-refractivity contribution in [2.24, 2.45) is 5.16 Å². The summed E-state index contributed by atoms with van der Waals surface area (Å²) in [4.78, 5) is 11.0. The Morgan fingerprint density at radius 2 is 1.79 bits per heavy atom. The van der Waals surface area contributed by atoms with Crippen molar-refractivity contribution in [1.29, 1.82) is 0 Å². The van der Waals surface area contributed by atoms with E-state index < -0.39 is 0 Å². The van der Waals surface area contributed by atoms with E-state index >= 15 is 0 Å². The number of fused-ring (bicyclic) bond motifs is 3. The van der Waals surface area contributed by atoms with Gasteiger partial charge in [-0.1, -0.05) is 53.7 Å². The Morgan fingerprint density at radius 1 is 0.958 bits per heavy atom. The average molecular weight is 314 g/mol. The number of nitrogens with zero attached hydrogens (tertiary/aromatic N) is 2. The lowest BCUT2D eigenvalue weighted by Crippen LogP contribution is -2.31. The highest BCUT2D eigenvalue weighted by molar-refractivity contribution is 6.01. The normalized spacial score (nSPS) is 22.2. The molecule has 1 aromatic heterocycles. The molecule has 2 aromatic carbocycles. The minimum atomic E-state index is -0.338. The Hall–Kier alpha value is -2.68. The summed E-state index contributed by atoms with van der Waals surface area (Å²) in [5.41, 5.74) is 5.31. The fourth-order valence-corrected chi connectivity index (χ4v) is 3.96. The van der Waals surface area contributed by atoms with E-state index in [0.29, 0.717) is 0 Å². The van der Waals surface area contributed by atoms with E-state index in [1.54, 1.807) is 0 Å². The number of aryl methyl sites for hydroxylation is 1. The summed E-state index contributed by atoms with van der Waals surface area (Å²) < 4.78 is 0. The Bertz CT molecular complexity index is 948. The van der Waals surface area contributed by atoms with Gasteiger partial charge in [-0.15, -0.1) is 0 Å². The maximum Gasteiger partial charge on any atom is 0.170 e. The smallest absolute Gasteiger partial charge is 0.170 e. The van der Waals surface area contributed by atoms with Gasteiger partial charge in [0.05, 0.1) is 11.2 Å². The quantitative estimate of drug-likeness (QED) is 0.658. The predicted octanol–water partition coefficient (Wildman–Crippen LogP) is 4.59. The fourth-order valence-electron chi connectivity index (χ4n) is 3.96. The summed E-state index contributed by atoms with van der Waals surface area (Å²) in [6.07, 6.45) is 3.94. The minimum absolute atomic E-state index is 0.338. The second-order valence-electron chi connectivity index (χ2n) is 6.70. The van der Waals surface area contributed by atoms with Gasteiger partial charge < -0.3 is 4.84 Å². The van der Waals surface area contributed by atoms with Crippen LogP contribution < -0.4 is 0 Å². The molecule has 1 aliphatic heterocycles. The van der Waals surface area contributed by atoms with Gasteiger partial charge in [-0.2, -0.15) is 0 Å². The van der Waals surface area contributed by atoms with Gasteiger partial charge in [0.1, 0.15) is 0 Å². The topological polar surface area (TPSA) is 34.5 Å². The monoisotopic (exact) mass is 314 g/mol. The third-order valence-electron chi connectivity index (χ3n) is 5.18. The average Bonchev–Trinajstić information content (AvgIpc) is 3.06. The molecule has 2 aliphatic rings. The first-order chi connectivity index (χ1) is 11.8. The van der Waals surface area contributed by atoms with Crippen LogP contribution in [0, 0.1) is 0 Å². The molecule has 0 saturated carbocycles. The number of oxime groups is 1. The Labute approximate surface area is 141 Å². The predicted molar refractivity (Wildman–Crippen MR) is 95.0 cm³/mol. The van der Waals surface area contributed by atoms with Crippen molar-refractivity contribution in [2.75, 3.05) is 0 Å². The van der Waals surface area contributed by atoms with Crippen LogP contribution in [0.3, 0.4) is 0 Å². The summed E-state index contributed by atoms with van der Waals surface area (Å²) in [7, 11) is 0. The number of aromatic nitrogens is 1. The molecule has 1 spiro atoms. The van der Waals surface area contributed by atoms with E-state index in [0.717, 1.165) is 42.5 Å². The molecule has 0 N–H and O–H groups in total. The third kappa shape index (κ3) is 2.04. The molecule has 0 saturated heterocycles. The van der Waals surface area contributed by atoms with Crippen LogP contribution in [0.1, 0.15) is 36.1 Å². The summed E-state index contributed by atoms with van der Waals surface area (Å²) in [5.74, 6) is 0. The fraction of sp³-hybridized carbons (Fsp3) is 0.238. The molecule has 2 heterocycles. The SMILES string of the molecule is c1ccc(C2=NO[C@@]3(CCCc4nc5ccccc5cc43)C2)cc1. The van der Waals surface area contributed by atoms with Crippen molar-refractivity contribution >= 4 is 16.6 Å². The zero-order valence-electron chi connectivity index (χ0n) is 13.4. The Kier molecular flexibility index (Phi) is 2.96. The molecular formula is C21H18N2O. The van der Waals surface area contributed by atoms with E-state index in [9.17, 15) is 0 Å². The molecule has 3 aromatic rings. The standard InChI is InChI=1S/C21H18N2O/c1-2-7-15(8-3-1)20-14-21(24-23-20)12-6-11-19-17(21)13-16-9-4-5-10-18(16)22-19/h1-5,7-10,13H,6,11-12,14H2/t21-/m0/s1. The van der Waals surface area contributed by atoms with Gasteiger partial charge in [-0.05, 0) is 37.0 Å². The van der Waals surface area contributed by atoms with E-state index in [1.165, 1.54) is 16.6 Å². The van der Waals surface area contributed by atoms with Crippen LogP contribution in [-0.2, 0) is 16.9 Å². The lowest BCUT2D eigenvalue weighted by Gasteiger charge is -2.32. The largest absolute Gasteiger partial charge is 0.384 e. The first-order valence-corrected chi connectivity index (χ1v) is 8.54. The molecule has 118 valence electrons. The van der Waals surface area contributed by atoms with Crippen LogP contribution in [0.25, 0.3) is 10.9 Å². The lowest BCUT2D eigenvalue weighted by molar-refractivity contribution is -0.0366. The molecule has 0 amide bonds. The lowest BCUT2D eigenvalue weighted by atomic mass is 9.77. The molecule has 3 heteroatoms. The van der Waals surface area contributed by atoms with Crippen LogP contribution in [0.15, 0.2) is 65.8 Å². The molecular weight excluding hydrogens is 296 g/mol. The third-order valence-corrected chi connectivity index (χ3v) is 5.18. The van der Waals surface area contributed by atoms with Gasteiger partial charge >= 0.3 is 0 Å². The molecule has 24 heavy (non-hydrogen) atoms. The zero-order chi connectivity index (χ0) is 16.0. The van der Waals surface area contributed by atoms with Gasteiger partial charge in [-0.25, -0.2) is 0 Å². The van der Waals surface area contributed by atoms with Gasteiger partial charge in [0.15, 0.2) is 5.60 Å². The van der Waals surface area contributed by atoms with Crippen LogP contribution >= 0.6 is 0 Å². The van der Waals surface area contributed by atoms with E-state index in [1.807, 2.05) is 24.3 Å².